The molecule has 0 aliphatic carbocycles. The van der Waals surface area contributed by atoms with E-state index < -0.39 is 0 Å². The van der Waals surface area contributed by atoms with Gasteiger partial charge in [0, 0.05) is 0 Å². The van der Waals surface area contributed by atoms with Crippen LogP contribution in [0.2, 0.25) is 0 Å². The first-order valence-corrected chi connectivity index (χ1v) is 5.77. The van der Waals surface area contributed by atoms with Crippen LogP contribution in [0.25, 0.3) is 0 Å². The Morgan fingerprint density at radius 1 is 1.58 bits per heavy atom. The molecule has 1 nitrogen and oxygen atoms in total. The summed E-state index contributed by atoms with van der Waals surface area (Å²) in [4.78, 5) is 0. The Hall–Kier alpha value is -0.110. The molecular weight excluding hydrogens is 168 g/mol. The largest absolute Gasteiger partial charge is 0.501 e. The van der Waals surface area contributed by atoms with Crippen LogP contribution < -0.4 is 0 Å². The van der Waals surface area contributed by atoms with E-state index in [-0.39, 0.29) is 0 Å². The third kappa shape index (κ3) is 4.05. The lowest BCUT2D eigenvalue weighted by atomic mass is 10.1. The lowest BCUT2D eigenvalue weighted by molar-refractivity contribution is 0.224. The van der Waals surface area contributed by atoms with Gasteiger partial charge in [-0.2, -0.15) is 11.8 Å². The van der Waals surface area contributed by atoms with Crippen molar-refractivity contribution in [3.8, 4) is 0 Å². The average molecular weight is 186 g/mol. The molecule has 1 heterocycles. The second kappa shape index (κ2) is 5.52. The van der Waals surface area contributed by atoms with Gasteiger partial charge in [0.2, 0.25) is 0 Å². The highest BCUT2D eigenvalue weighted by Crippen LogP contribution is 2.25. The molecule has 0 aromatic rings. The fourth-order valence-electron chi connectivity index (χ4n) is 1.27. The van der Waals surface area contributed by atoms with E-state index in [4.69, 9.17) is 4.74 Å². The second-order valence-electron chi connectivity index (χ2n) is 3.58. The second-order valence-corrected chi connectivity index (χ2v) is 4.73. The quantitative estimate of drug-likeness (QED) is 0.493. The van der Waals surface area contributed by atoms with Crippen LogP contribution in [-0.4, -0.2) is 18.1 Å². The van der Waals surface area contributed by atoms with Gasteiger partial charge >= 0.3 is 0 Å². The fourth-order valence-corrected chi connectivity index (χ4v) is 2.60. The first kappa shape index (κ1) is 9.97. The van der Waals surface area contributed by atoms with Crippen LogP contribution in [0.5, 0.6) is 0 Å². The maximum absolute atomic E-state index is 5.39. The summed E-state index contributed by atoms with van der Waals surface area (Å²) in [6, 6.07) is 0. The molecule has 0 aromatic carbocycles. The Balaban J connectivity index is 1.98. The summed E-state index contributed by atoms with van der Waals surface area (Å²) in [7, 11) is 0. The van der Waals surface area contributed by atoms with E-state index in [1.807, 2.05) is 6.26 Å². The Morgan fingerprint density at radius 2 is 2.42 bits per heavy atom. The van der Waals surface area contributed by atoms with Gasteiger partial charge in [0.05, 0.1) is 12.9 Å². The Morgan fingerprint density at radius 3 is 3.00 bits per heavy atom. The third-order valence-electron chi connectivity index (χ3n) is 1.99. The highest BCUT2D eigenvalue weighted by molar-refractivity contribution is 7.99. The van der Waals surface area contributed by atoms with Crippen molar-refractivity contribution in [1.29, 1.82) is 0 Å². The molecule has 1 unspecified atom stereocenters. The van der Waals surface area contributed by atoms with Crippen molar-refractivity contribution >= 4 is 11.8 Å². The topological polar surface area (TPSA) is 9.23 Å². The number of allylic oxidation sites excluding steroid dienone is 1. The number of thioether (sulfide) groups is 1. The van der Waals surface area contributed by atoms with Crippen molar-refractivity contribution in [1.82, 2.24) is 0 Å². The van der Waals surface area contributed by atoms with Gasteiger partial charge in [-0.05, 0) is 49.7 Å². The smallest absolute Gasteiger partial charge is 0.0876 e. The van der Waals surface area contributed by atoms with Crippen molar-refractivity contribution in [3.63, 3.8) is 0 Å². The molecule has 2 heteroatoms. The van der Waals surface area contributed by atoms with E-state index >= 15 is 0 Å². The molecule has 1 aliphatic rings. The lowest BCUT2D eigenvalue weighted by Gasteiger charge is -2.06. The summed E-state index contributed by atoms with van der Waals surface area (Å²) in [5.41, 5.74) is 1.25. The van der Waals surface area contributed by atoms with Crippen LogP contribution in [0.4, 0.5) is 0 Å². The van der Waals surface area contributed by atoms with Crippen molar-refractivity contribution < 1.29 is 4.74 Å². The molecular formula is C10H18OS. The van der Waals surface area contributed by atoms with Crippen LogP contribution in [-0.2, 0) is 4.74 Å². The molecule has 0 bridgehead atoms. The van der Waals surface area contributed by atoms with Crippen molar-refractivity contribution in [3.05, 3.63) is 11.8 Å². The molecule has 1 aliphatic heterocycles. The van der Waals surface area contributed by atoms with Gasteiger partial charge in [-0.1, -0.05) is 0 Å². The standard InChI is InChI=1S/C10H18OS/c1-9(2)7-11-5-3-10-4-6-12-8-10/h7,10H,3-6,8H2,1-2H3. The van der Waals surface area contributed by atoms with Crippen molar-refractivity contribution in [2.24, 2.45) is 5.92 Å². The molecule has 12 heavy (non-hydrogen) atoms. The first-order chi connectivity index (χ1) is 5.79. The number of rotatable bonds is 4. The number of hydrogen-bond donors (Lipinski definition) is 0. The Bertz CT molecular complexity index is 144. The van der Waals surface area contributed by atoms with Crippen molar-refractivity contribution in [2.75, 3.05) is 18.1 Å². The molecule has 0 spiro atoms. The molecule has 70 valence electrons. The summed E-state index contributed by atoms with van der Waals surface area (Å²) < 4.78 is 5.39. The minimum atomic E-state index is 0.899. The van der Waals surface area contributed by atoms with Gasteiger partial charge in [-0.3, -0.25) is 0 Å². The highest BCUT2D eigenvalue weighted by Gasteiger charge is 2.14. The number of ether oxygens (including phenoxy) is 1. The van der Waals surface area contributed by atoms with Gasteiger partial charge in [-0.15, -0.1) is 0 Å². The van der Waals surface area contributed by atoms with E-state index in [9.17, 15) is 0 Å². The maximum atomic E-state index is 5.39. The monoisotopic (exact) mass is 186 g/mol. The normalized spacial score (nSPS) is 22.3. The number of hydrogen-bond acceptors (Lipinski definition) is 2. The molecule has 0 radical (unpaired) electrons. The molecule has 0 amide bonds. The van der Waals surface area contributed by atoms with E-state index in [0.29, 0.717) is 0 Å². The predicted molar refractivity (Wildman–Crippen MR) is 55.4 cm³/mol. The molecule has 1 fully saturated rings. The van der Waals surface area contributed by atoms with Gasteiger partial charge in [0.25, 0.3) is 0 Å². The third-order valence-corrected chi connectivity index (χ3v) is 3.22. The zero-order valence-corrected chi connectivity index (χ0v) is 8.82. The summed E-state index contributed by atoms with van der Waals surface area (Å²) in [5.74, 6) is 3.62. The average Bonchev–Trinajstić information content (AvgIpc) is 2.49. The van der Waals surface area contributed by atoms with Crippen LogP contribution in [0, 0.1) is 5.92 Å². The SMILES string of the molecule is CC(C)=COCCC1CCSC1. The summed E-state index contributed by atoms with van der Waals surface area (Å²) in [6.45, 7) is 5.02. The van der Waals surface area contributed by atoms with Gasteiger partial charge in [0.15, 0.2) is 0 Å². The summed E-state index contributed by atoms with van der Waals surface area (Å²) in [6.07, 6.45) is 4.49. The zero-order valence-electron chi connectivity index (χ0n) is 8.01. The zero-order chi connectivity index (χ0) is 8.81. The van der Waals surface area contributed by atoms with Crippen LogP contribution >= 0.6 is 11.8 Å². The van der Waals surface area contributed by atoms with Gasteiger partial charge < -0.3 is 4.74 Å². The highest BCUT2D eigenvalue weighted by atomic mass is 32.2. The van der Waals surface area contributed by atoms with Gasteiger partial charge in [0.1, 0.15) is 0 Å². The van der Waals surface area contributed by atoms with Crippen LogP contribution in [0.1, 0.15) is 26.7 Å². The fraction of sp³-hybridized carbons (Fsp3) is 0.800. The van der Waals surface area contributed by atoms with E-state index in [1.54, 1.807) is 0 Å². The minimum absolute atomic E-state index is 0.899. The van der Waals surface area contributed by atoms with Crippen LogP contribution in [0.15, 0.2) is 11.8 Å². The molecule has 0 aromatic heterocycles. The summed E-state index contributed by atoms with van der Waals surface area (Å²) >= 11 is 2.08. The molecule has 1 rings (SSSR count). The van der Waals surface area contributed by atoms with Gasteiger partial charge in [-0.25, -0.2) is 0 Å². The maximum Gasteiger partial charge on any atom is 0.0876 e. The molecule has 0 saturated carbocycles. The molecule has 1 atom stereocenters. The lowest BCUT2D eigenvalue weighted by Crippen LogP contribution is -2.01. The summed E-state index contributed by atoms with van der Waals surface area (Å²) in [5, 5.41) is 0. The van der Waals surface area contributed by atoms with Crippen molar-refractivity contribution in [2.45, 2.75) is 26.7 Å². The Kier molecular flexibility index (Phi) is 4.59. The molecule has 1 saturated heterocycles. The van der Waals surface area contributed by atoms with E-state index in [0.717, 1.165) is 12.5 Å². The first-order valence-electron chi connectivity index (χ1n) is 4.62. The predicted octanol–water partition coefficient (Wildman–Crippen LogP) is 3.07. The minimum Gasteiger partial charge on any atom is -0.501 e. The molecule has 0 N–H and O–H groups in total. The van der Waals surface area contributed by atoms with E-state index in [1.165, 1.54) is 29.9 Å². The van der Waals surface area contributed by atoms with E-state index in [2.05, 4.69) is 25.6 Å². The van der Waals surface area contributed by atoms with Crippen LogP contribution in [0.3, 0.4) is 0 Å². The Labute approximate surface area is 79.6 Å².